The van der Waals surface area contributed by atoms with Crippen molar-refractivity contribution in [2.24, 2.45) is 0 Å². The number of carbonyl (C=O) groups is 1. The van der Waals surface area contributed by atoms with E-state index in [0.29, 0.717) is 13.0 Å². The van der Waals surface area contributed by atoms with E-state index in [1.165, 1.54) is 0 Å². The minimum atomic E-state index is 0.0987. The predicted molar refractivity (Wildman–Crippen MR) is 84.9 cm³/mol. The minimum absolute atomic E-state index is 0.0987. The van der Waals surface area contributed by atoms with Crippen LogP contribution < -0.4 is 0 Å². The summed E-state index contributed by atoms with van der Waals surface area (Å²) >= 11 is 3.36. The first-order chi connectivity index (χ1) is 9.70. The van der Waals surface area contributed by atoms with Crippen LogP contribution in [0.5, 0.6) is 0 Å². The van der Waals surface area contributed by atoms with Crippen LogP contribution in [0.4, 0.5) is 0 Å². The van der Waals surface area contributed by atoms with Crippen LogP contribution in [0.3, 0.4) is 0 Å². The number of hydrogen-bond acceptors (Lipinski definition) is 4. The van der Waals surface area contributed by atoms with E-state index in [-0.39, 0.29) is 17.8 Å². The Kier molecular flexibility index (Phi) is 5.96. The van der Waals surface area contributed by atoms with Gasteiger partial charge in [-0.2, -0.15) is 0 Å². The lowest BCUT2D eigenvalue weighted by atomic mass is 10.2. The third-order valence-corrected chi connectivity index (χ3v) is 5.36. The van der Waals surface area contributed by atoms with Crippen molar-refractivity contribution < 1.29 is 9.90 Å². The van der Waals surface area contributed by atoms with Crippen LogP contribution >= 0.6 is 23.1 Å². The van der Waals surface area contributed by atoms with Gasteiger partial charge in [-0.3, -0.25) is 4.79 Å². The zero-order valence-electron chi connectivity index (χ0n) is 11.6. The lowest BCUT2D eigenvalue weighted by molar-refractivity contribution is -0.129. The third-order valence-electron chi connectivity index (χ3n) is 3.10. The average Bonchev–Trinajstić information content (AvgIpc) is 3.09. The highest BCUT2D eigenvalue weighted by Gasteiger charge is 2.26. The molecule has 1 atom stereocenters. The maximum Gasteiger partial charge on any atom is 0.235 e. The molecule has 1 saturated heterocycles. The average molecular weight is 309 g/mol. The Morgan fingerprint density at radius 2 is 2.45 bits per heavy atom. The standard InChI is InChI=1S/C15H19NO2S2/c1-16(15(18)14-6-4-8-19-14)10-12-9-13(20-11-12)5-2-3-7-17/h9,11,14,17H,3-4,6-8,10H2,1H3. The van der Waals surface area contributed by atoms with Gasteiger partial charge in [0.25, 0.3) is 0 Å². The van der Waals surface area contributed by atoms with Gasteiger partial charge < -0.3 is 10.0 Å². The van der Waals surface area contributed by atoms with E-state index in [1.54, 1.807) is 23.1 Å². The topological polar surface area (TPSA) is 40.5 Å². The number of nitrogens with zero attached hydrogens (tertiary/aromatic N) is 1. The molecule has 1 aromatic rings. The molecule has 2 rings (SSSR count). The summed E-state index contributed by atoms with van der Waals surface area (Å²) in [5.74, 6) is 7.28. The van der Waals surface area contributed by atoms with E-state index in [0.717, 1.165) is 29.0 Å². The van der Waals surface area contributed by atoms with Crippen LogP contribution in [0.1, 0.15) is 29.7 Å². The van der Waals surface area contributed by atoms with Crippen LogP contribution in [-0.4, -0.2) is 40.6 Å². The van der Waals surface area contributed by atoms with Crippen molar-refractivity contribution in [3.8, 4) is 11.8 Å². The predicted octanol–water partition coefficient (Wildman–Crippen LogP) is 2.34. The molecule has 1 fully saturated rings. The van der Waals surface area contributed by atoms with Crippen molar-refractivity contribution in [1.29, 1.82) is 0 Å². The van der Waals surface area contributed by atoms with E-state index in [2.05, 4.69) is 17.2 Å². The fourth-order valence-corrected chi connectivity index (χ4v) is 4.14. The molecular weight excluding hydrogens is 290 g/mol. The summed E-state index contributed by atoms with van der Waals surface area (Å²) in [6.07, 6.45) is 2.66. The molecule has 5 heteroatoms. The SMILES string of the molecule is CN(Cc1csc(C#CCCO)c1)C(=O)C1CCCS1. The van der Waals surface area contributed by atoms with E-state index >= 15 is 0 Å². The zero-order valence-corrected chi connectivity index (χ0v) is 13.2. The molecule has 2 heterocycles. The van der Waals surface area contributed by atoms with Crippen molar-refractivity contribution in [2.75, 3.05) is 19.4 Å². The molecule has 1 aromatic heterocycles. The summed E-state index contributed by atoms with van der Waals surface area (Å²) in [6.45, 7) is 0.746. The molecule has 1 unspecified atom stereocenters. The molecule has 0 aliphatic carbocycles. The van der Waals surface area contributed by atoms with Gasteiger partial charge in [0.1, 0.15) is 0 Å². The maximum atomic E-state index is 12.2. The molecule has 3 nitrogen and oxygen atoms in total. The van der Waals surface area contributed by atoms with Crippen molar-refractivity contribution in [3.63, 3.8) is 0 Å². The Morgan fingerprint density at radius 1 is 1.60 bits per heavy atom. The monoisotopic (exact) mass is 309 g/mol. The smallest absolute Gasteiger partial charge is 0.235 e. The molecule has 0 radical (unpaired) electrons. The summed E-state index contributed by atoms with van der Waals surface area (Å²) in [4.78, 5) is 15.0. The Bertz CT molecular complexity index is 509. The highest BCUT2D eigenvalue weighted by molar-refractivity contribution is 8.00. The fraction of sp³-hybridized carbons (Fsp3) is 0.533. The molecule has 1 aliphatic heterocycles. The zero-order chi connectivity index (χ0) is 14.4. The van der Waals surface area contributed by atoms with E-state index in [4.69, 9.17) is 5.11 Å². The summed E-state index contributed by atoms with van der Waals surface area (Å²) in [5.41, 5.74) is 1.13. The summed E-state index contributed by atoms with van der Waals surface area (Å²) in [5, 5.41) is 10.9. The van der Waals surface area contributed by atoms with Crippen LogP contribution in [-0.2, 0) is 11.3 Å². The van der Waals surface area contributed by atoms with Crippen molar-refractivity contribution in [1.82, 2.24) is 4.90 Å². The molecular formula is C15H19NO2S2. The van der Waals surface area contributed by atoms with Gasteiger partial charge in [0.2, 0.25) is 5.91 Å². The summed E-state index contributed by atoms with van der Waals surface area (Å²) in [6, 6.07) is 2.03. The summed E-state index contributed by atoms with van der Waals surface area (Å²) in [7, 11) is 1.87. The largest absolute Gasteiger partial charge is 0.395 e. The molecule has 20 heavy (non-hydrogen) atoms. The molecule has 0 saturated carbocycles. The van der Waals surface area contributed by atoms with E-state index in [1.807, 2.05) is 18.0 Å². The Morgan fingerprint density at radius 3 is 3.15 bits per heavy atom. The van der Waals surface area contributed by atoms with Crippen LogP contribution in [0, 0.1) is 11.8 Å². The van der Waals surface area contributed by atoms with Crippen molar-refractivity contribution >= 4 is 29.0 Å². The molecule has 0 aromatic carbocycles. The number of amides is 1. The number of aliphatic hydroxyl groups excluding tert-OH is 1. The quantitative estimate of drug-likeness (QED) is 0.868. The van der Waals surface area contributed by atoms with Gasteiger partial charge in [-0.25, -0.2) is 0 Å². The normalized spacial score (nSPS) is 17.6. The lowest BCUT2D eigenvalue weighted by Gasteiger charge is -2.19. The molecule has 0 bridgehead atoms. The Labute approximate surface area is 128 Å². The second kappa shape index (κ2) is 7.72. The van der Waals surface area contributed by atoms with Gasteiger partial charge in [0.15, 0.2) is 0 Å². The van der Waals surface area contributed by atoms with E-state index in [9.17, 15) is 4.79 Å². The highest BCUT2D eigenvalue weighted by atomic mass is 32.2. The van der Waals surface area contributed by atoms with Gasteiger partial charge >= 0.3 is 0 Å². The number of thioether (sulfide) groups is 1. The Hall–Kier alpha value is -0.960. The van der Waals surface area contributed by atoms with E-state index < -0.39 is 0 Å². The van der Waals surface area contributed by atoms with Crippen LogP contribution in [0.15, 0.2) is 11.4 Å². The van der Waals surface area contributed by atoms with Gasteiger partial charge in [-0.15, -0.1) is 23.1 Å². The molecule has 1 aliphatic rings. The van der Waals surface area contributed by atoms with Gasteiger partial charge in [-0.1, -0.05) is 11.8 Å². The third kappa shape index (κ3) is 4.27. The maximum absolute atomic E-state index is 12.2. The second-order valence-corrected chi connectivity index (χ2v) is 7.01. The molecule has 108 valence electrons. The fourth-order valence-electron chi connectivity index (χ4n) is 2.10. The Balaban J connectivity index is 1.89. The van der Waals surface area contributed by atoms with Crippen molar-refractivity contribution in [3.05, 3.63) is 21.9 Å². The number of thiophene rings is 1. The minimum Gasteiger partial charge on any atom is -0.395 e. The number of carbonyl (C=O) groups excluding carboxylic acids is 1. The van der Waals surface area contributed by atoms with Crippen LogP contribution in [0.25, 0.3) is 0 Å². The van der Waals surface area contributed by atoms with Gasteiger partial charge in [0.05, 0.1) is 16.7 Å². The van der Waals surface area contributed by atoms with Crippen LogP contribution in [0.2, 0.25) is 0 Å². The second-order valence-electron chi connectivity index (χ2n) is 4.79. The van der Waals surface area contributed by atoms with Gasteiger partial charge in [-0.05, 0) is 35.6 Å². The number of aliphatic hydroxyl groups is 1. The molecule has 1 amide bonds. The first-order valence-electron chi connectivity index (χ1n) is 6.74. The first kappa shape index (κ1) is 15.4. The van der Waals surface area contributed by atoms with Gasteiger partial charge in [0, 0.05) is 20.0 Å². The number of rotatable bonds is 4. The first-order valence-corrected chi connectivity index (χ1v) is 8.67. The summed E-state index contributed by atoms with van der Waals surface area (Å²) < 4.78 is 0. The van der Waals surface area contributed by atoms with Crippen molar-refractivity contribution in [2.45, 2.75) is 31.1 Å². The molecule has 0 spiro atoms. The molecule has 1 N–H and O–H groups in total. The number of hydrogen-bond donors (Lipinski definition) is 1. The lowest BCUT2D eigenvalue weighted by Crippen LogP contribution is -2.32. The highest BCUT2D eigenvalue weighted by Crippen LogP contribution is 2.28.